The maximum atomic E-state index is 5.03. The monoisotopic (exact) mass is 305 g/mol. The molecule has 0 aliphatic carbocycles. The molecule has 0 unspecified atom stereocenters. The van der Waals surface area contributed by atoms with E-state index >= 15 is 0 Å². The zero-order valence-corrected chi connectivity index (χ0v) is 13.5. The molecule has 0 radical (unpaired) electrons. The number of nitrogens with zero attached hydrogens (tertiary/aromatic N) is 2. The SMILES string of the molecule is COCCNCc1cccc(SCCc2cnn(C)c2)c1. The van der Waals surface area contributed by atoms with Crippen molar-refractivity contribution in [3.05, 3.63) is 47.8 Å². The molecule has 0 amide bonds. The highest BCUT2D eigenvalue weighted by atomic mass is 32.2. The van der Waals surface area contributed by atoms with Gasteiger partial charge in [-0.25, -0.2) is 0 Å². The smallest absolute Gasteiger partial charge is 0.0587 e. The molecule has 1 aromatic heterocycles. The minimum atomic E-state index is 0.750. The maximum Gasteiger partial charge on any atom is 0.0587 e. The van der Waals surface area contributed by atoms with Crippen LogP contribution in [0.5, 0.6) is 0 Å². The van der Waals surface area contributed by atoms with Gasteiger partial charge in [0.1, 0.15) is 0 Å². The number of methoxy groups -OCH3 is 1. The van der Waals surface area contributed by atoms with Crippen molar-refractivity contribution >= 4 is 11.8 Å². The second-order valence-corrected chi connectivity index (χ2v) is 6.11. The van der Waals surface area contributed by atoms with Crippen molar-refractivity contribution in [3.8, 4) is 0 Å². The zero-order chi connectivity index (χ0) is 14.9. The summed E-state index contributed by atoms with van der Waals surface area (Å²) in [5, 5.41) is 7.56. The Balaban J connectivity index is 1.75. The van der Waals surface area contributed by atoms with Gasteiger partial charge in [-0.1, -0.05) is 12.1 Å². The van der Waals surface area contributed by atoms with Crippen LogP contribution in [0.1, 0.15) is 11.1 Å². The van der Waals surface area contributed by atoms with Crippen LogP contribution in [0.3, 0.4) is 0 Å². The van der Waals surface area contributed by atoms with Crippen LogP contribution in [-0.2, 0) is 24.8 Å². The number of nitrogens with one attached hydrogen (secondary N) is 1. The Morgan fingerprint density at radius 2 is 2.24 bits per heavy atom. The Bertz CT molecular complexity index is 542. The second kappa shape index (κ2) is 8.87. The van der Waals surface area contributed by atoms with Crippen LogP contribution in [0, 0.1) is 0 Å². The van der Waals surface area contributed by atoms with Gasteiger partial charge in [-0.05, 0) is 29.7 Å². The minimum Gasteiger partial charge on any atom is -0.383 e. The van der Waals surface area contributed by atoms with E-state index in [4.69, 9.17) is 4.74 Å². The molecular formula is C16H23N3OS. The van der Waals surface area contributed by atoms with E-state index in [9.17, 15) is 0 Å². The van der Waals surface area contributed by atoms with Gasteiger partial charge >= 0.3 is 0 Å². The Labute approximate surface area is 130 Å². The molecule has 0 fully saturated rings. The molecule has 2 aromatic rings. The first-order valence-corrected chi connectivity index (χ1v) is 8.15. The van der Waals surface area contributed by atoms with E-state index in [-0.39, 0.29) is 0 Å². The van der Waals surface area contributed by atoms with Gasteiger partial charge in [0.05, 0.1) is 12.8 Å². The molecule has 0 aliphatic rings. The van der Waals surface area contributed by atoms with Gasteiger partial charge in [0.2, 0.25) is 0 Å². The number of ether oxygens (including phenoxy) is 1. The molecule has 2 rings (SSSR count). The largest absolute Gasteiger partial charge is 0.383 e. The molecule has 21 heavy (non-hydrogen) atoms. The summed E-state index contributed by atoms with van der Waals surface area (Å²) >= 11 is 1.89. The van der Waals surface area contributed by atoms with E-state index < -0.39 is 0 Å². The van der Waals surface area contributed by atoms with Crippen molar-refractivity contribution in [1.29, 1.82) is 0 Å². The molecule has 5 heteroatoms. The summed E-state index contributed by atoms with van der Waals surface area (Å²) in [5.41, 5.74) is 2.61. The van der Waals surface area contributed by atoms with Gasteiger partial charge in [-0.3, -0.25) is 4.68 Å². The first-order chi connectivity index (χ1) is 10.3. The Morgan fingerprint density at radius 1 is 1.33 bits per heavy atom. The van der Waals surface area contributed by atoms with Gasteiger partial charge in [0.15, 0.2) is 0 Å². The topological polar surface area (TPSA) is 39.1 Å². The number of aryl methyl sites for hydroxylation is 2. The van der Waals surface area contributed by atoms with Crippen LogP contribution in [-0.4, -0.2) is 35.8 Å². The van der Waals surface area contributed by atoms with Gasteiger partial charge in [-0.2, -0.15) is 5.10 Å². The number of benzene rings is 1. The second-order valence-electron chi connectivity index (χ2n) is 4.94. The van der Waals surface area contributed by atoms with E-state index in [0.717, 1.165) is 31.9 Å². The molecule has 0 atom stereocenters. The molecule has 1 aromatic carbocycles. The molecule has 114 valence electrons. The molecule has 4 nitrogen and oxygen atoms in total. The number of hydrogen-bond acceptors (Lipinski definition) is 4. The minimum absolute atomic E-state index is 0.750. The van der Waals surface area contributed by atoms with Crippen LogP contribution in [0.2, 0.25) is 0 Å². The lowest BCUT2D eigenvalue weighted by molar-refractivity contribution is 0.199. The Hall–Kier alpha value is -1.30. The fraction of sp³-hybridized carbons (Fsp3) is 0.438. The Kier molecular flexibility index (Phi) is 6.79. The number of hydrogen-bond donors (Lipinski definition) is 1. The van der Waals surface area contributed by atoms with Crippen molar-refractivity contribution in [2.45, 2.75) is 17.9 Å². The van der Waals surface area contributed by atoms with Gasteiger partial charge in [-0.15, -0.1) is 11.8 Å². The summed E-state index contributed by atoms with van der Waals surface area (Å²) in [6.07, 6.45) is 5.07. The number of rotatable bonds is 9. The summed E-state index contributed by atoms with van der Waals surface area (Å²) in [6, 6.07) is 8.71. The molecular weight excluding hydrogens is 282 g/mol. The third kappa shape index (κ3) is 5.91. The molecule has 1 heterocycles. The lowest BCUT2D eigenvalue weighted by Crippen LogP contribution is -2.18. The van der Waals surface area contributed by atoms with E-state index in [1.54, 1.807) is 7.11 Å². The average molecular weight is 305 g/mol. The van der Waals surface area contributed by atoms with E-state index in [2.05, 4.69) is 40.9 Å². The standard InChI is InChI=1S/C16H23N3OS/c1-19-13-15(12-18-19)6-9-21-16-5-3-4-14(10-16)11-17-7-8-20-2/h3-5,10,12-13,17H,6-9,11H2,1-2H3. The van der Waals surface area contributed by atoms with Crippen LogP contribution < -0.4 is 5.32 Å². The molecule has 0 bridgehead atoms. The van der Waals surface area contributed by atoms with Crippen molar-refractivity contribution in [3.63, 3.8) is 0 Å². The summed E-state index contributed by atoms with van der Waals surface area (Å²) < 4.78 is 6.88. The lowest BCUT2D eigenvalue weighted by atomic mass is 10.2. The predicted octanol–water partition coefficient (Wildman–Crippen LogP) is 2.49. The molecule has 0 saturated heterocycles. The van der Waals surface area contributed by atoms with Crippen LogP contribution in [0.4, 0.5) is 0 Å². The molecule has 0 aliphatic heterocycles. The van der Waals surface area contributed by atoms with Gasteiger partial charge in [0, 0.05) is 44.1 Å². The first-order valence-electron chi connectivity index (χ1n) is 7.17. The quantitative estimate of drug-likeness (QED) is 0.571. The van der Waals surface area contributed by atoms with E-state index in [0.29, 0.717) is 0 Å². The van der Waals surface area contributed by atoms with Crippen molar-refractivity contribution in [1.82, 2.24) is 15.1 Å². The van der Waals surface area contributed by atoms with Crippen molar-refractivity contribution < 1.29 is 4.74 Å². The van der Waals surface area contributed by atoms with Crippen molar-refractivity contribution in [2.24, 2.45) is 7.05 Å². The van der Waals surface area contributed by atoms with Crippen molar-refractivity contribution in [2.75, 3.05) is 26.0 Å². The lowest BCUT2D eigenvalue weighted by Gasteiger charge is -2.06. The van der Waals surface area contributed by atoms with Crippen LogP contribution in [0.25, 0.3) is 0 Å². The zero-order valence-electron chi connectivity index (χ0n) is 12.7. The number of aromatic nitrogens is 2. The average Bonchev–Trinajstić information content (AvgIpc) is 2.90. The highest BCUT2D eigenvalue weighted by Crippen LogP contribution is 2.20. The maximum absolute atomic E-state index is 5.03. The summed E-state index contributed by atoms with van der Waals surface area (Å²) in [6.45, 7) is 2.52. The third-order valence-electron chi connectivity index (χ3n) is 3.13. The van der Waals surface area contributed by atoms with Crippen LogP contribution >= 0.6 is 11.8 Å². The van der Waals surface area contributed by atoms with E-state index in [1.165, 1.54) is 16.0 Å². The third-order valence-corrected chi connectivity index (χ3v) is 4.12. The van der Waals surface area contributed by atoms with Crippen LogP contribution in [0.15, 0.2) is 41.6 Å². The fourth-order valence-electron chi connectivity index (χ4n) is 2.04. The normalized spacial score (nSPS) is 11.0. The summed E-state index contributed by atoms with van der Waals surface area (Å²) in [7, 11) is 3.68. The summed E-state index contributed by atoms with van der Waals surface area (Å²) in [4.78, 5) is 1.32. The first kappa shape index (κ1) is 16.1. The van der Waals surface area contributed by atoms with Gasteiger partial charge in [0.25, 0.3) is 0 Å². The fourth-order valence-corrected chi connectivity index (χ4v) is 3.02. The highest BCUT2D eigenvalue weighted by Gasteiger charge is 2.00. The molecule has 0 spiro atoms. The Morgan fingerprint density at radius 3 is 3.00 bits per heavy atom. The van der Waals surface area contributed by atoms with E-state index in [1.807, 2.05) is 29.7 Å². The predicted molar refractivity (Wildman–Crippen MR) is 87.7 cm³/mol. The molecule has 0 saturated carbocycles. The summed E-state index contributed by atoms with van der Waals surface area (Å²) in [5.74, 6) is 1.08. The number of thioether (sulfide) groups is 1. The highest BCUT2D eigenvalue weighted by molar-refractivity contribution is 7.99. The van der Waals surface area contributed by atoms with Gasteiger partial charge < -0.3 is 10.1 Å². The molecule has 1 N–H and O–H groups in total.